The van der Waals surface area contributed by atoms with E-state index < -0.39 is 0 Å². The summed E-state index contributed by atoms with van der Waals surface area (Å²) < 4.78 is 13.7. The van der Waals surface area contributed by atoms with Gasteiger partial charge in [0.05, 0.1) is 6.10 Å². The lowest BCUT2D eigenvalue weighted by atomic mass is 10.0. The average Bonchev–Trinajstić information content (AvgIpc) is 2.35. The molecule has 1 N–H and O–H groups in total. The summed E-state index contributed by atoms with van der Waals surface area (Å²) >= 11 is 0. The summed E-state index contributed by atoms with van der Waals surface area (Å²) in [6, 6.07) is 6.75. The first-order chi connectivity index (χ1) is 7.99. The number of likely N-dealkylation sites (N-methyl/N-ethyl adjacent to an activating group) is 1. The molecule has 3 atom stereocenters. The second-order valence-corrected chi connectivity index (χ2v) is 4.58. The van der Waals surface area contributed by atoms with Crippen LogP contribution in [0.2, 0.25) is 0 Å². The zero-order valence-corrected chi connectivity index (χ0v) is 11.0. The van der Waals surface area contributed by atoms with Crippen LogP contribution in [0.5, 0.6) is 0 Å². The Morgan fingerprint density at radius 3 is 2.41 bits per heavy atom. The lowest BCUT2D eigenvalue weighted by Gasteiger charge is -2.33. The summed E-state index contributed by atoms with van der Waals surface area (Å²) in [6.45, 7) is 5.87. The highest BCUT2D eigenvalue weighted by molar-refractivity contribution is 5.20. The Morgan fingerprint density at radius 1 is 1.29 bits per heavy atom. The summed E-state index contributed by atoms with van der Waals surface area (Å²) in [6.07, 6.45) is 0.324. The van der Waals surface area contributed by atoms with Crippen LogP contribution < -0.4 is 0 Å². The Morgan fingerprint density at radius 2 is 1.88 bits per heavy atom. The van der Waals surface area contributed by atoms with E-state index in [9.17, 15) is 9.50 Å². The molecule has 0 aliphatic carbocycles. The fraction of sp³-hybridized carbons (Fsp3) is 0.571. The molecule has 3 unspecified atom stereocenters. The maximum absolute atomic E-state index is 13.7. The number of nitrogens with zero attached hydrogens (tertiary/aromatic N) is 1. The Kier molecular flexibility index (Phi) is 5.09. The van der Waals surface area contributed by atoms with Crippen LogP contribution in [0.1, 0.15) is 38.8 Å². The van der Waals surface area contributed by atoms with Crippen LogP contribution in [-0.2, 0) is 0 Å². The molecule has 0 saturated heterocycles. The standard InChI is InChI=1S/C14H22FNO/c1-5-14(17)11(3)16(4)10(2)12-8-6-7-9-13(12)15/h6-11,14,17H,5H2,1-4H3. The molecule has 0 spiro atoms. The number of hydrogen-bond donors (Lipinski definition) is 1. The van der Waals surface area contributed by atoms with Crippen molar-refractivity contribution in [3.63, 3.8) is 0 Å². The maximum atomic E-state index is 13.7. The number of hydrogen-bond acceptors (Lipinski definition) is 2. The first-order valence-corrected chi connectivity index (χ1v) is 6.13. The van der Waals surface area contributed by atoms with Gasteiger partial charge in [0.2, 0.25) is 0 Å². The van der Waals surface area contributed by atoms with Crippen molar-refractivity contribution < 1.29 is 9.50 Å². The molecule has 1 aromatic rings. The summed E-state index contributed by atoms with van der Waals surface area (Å²) in [7, 11) is 1.92. The minimum atomic E-state index is -0.380. The fourth-order valence-corrected chi connectivity index (χ4v) is 2.00. The van der Waals surface area contributed by atoms with E-state index in [1.54, 1.807) is 12.1 Å². The molecule has 0 saturated carbocycles. The zero-order valence-electron chi connectivity index (χ0n) is 11.0. The Labute approximate surface area is 103 Å². The topological polar surface area (TPSA) is 23.5 Å². The molecule has 0 heterocycles. The van der Waals surface area contributed by atoms with Gasteiger partial charge in [-0.15, -0.1) is 0 Å². The van der Waals surface area contributed by atoms with Crippen LogP contribution in [0.4, 0.5) is 4.39 Å². The van der Waals surface area contributed by atoms with Gasteiger partial charge < -0.3 is 5.11 Å². The molecule has 0 aliphatic rings. The highest BCUT2D eigenvalue weighted by Crippen LogP contribution is 2.24. The van der Waals surface area contributed by atoms with E-state index in [0.717, 1.165) is 0 Å². The van der Waals surface area contributed by atoms with Crippen molar-refractivity contribution in [2.24, 2.45) is 0 Å². The van der Waals surface area contributed by atoms with Crippen molar-refractivity contribution >= 4 is 0 Å². The predicted octanol–water partition coefficient (Wildman–Crippen LogP) is 2.98. The largest absolute Gasteiger partial charge is 0.392 e. The Hall–Kier alpha value is -0.930. The summed E-state index contributed by atoms with van der Waals surface area (Å²) in [5, 5.41) is 9.83. The number of aliphatic hydroxyl groups excluding tert-OH is 1. The van der Waals surface area contributed by atoms with Crippen LogP contribution in [0.15, 0.2) is 24.3 Å². The molecule has 0 radical (unpaired) electrons. The van der Waals surface area contributed by atoms with Crippen molar-refractivity contribution in [2.45, 2.75) is 45.4 Å². The molecule has 96 valence electrons. The predicted molar refractivity (Wildman–Crippen MR) is 68.3 cm³/mol. The van der Waals surface area contributed by atoms with E-state index in [1.807, 2.05) is 38.8 Å². The van der Waals surface area contributed by atoms with E-state index in [2.05, 4.69) is 0 Å². The molecule has 0 fully saturated rings. The highest BCUT2D eigenvalue weighted by atomic mass is 19.1. The number of halogens is 1. The van der Waals surface area contributed by atoms with Crippen LogP contribution in [0.3, 0.4) is 0 Å². The van der Waals surface area contributed by atoms with E-state index >= 15 is 0 Å². The van der Waals surface area contributed by atoms with Gasteiger partial charge >= 0.3 is 0 Å². The number of benzene rings is 1. The van der Waals surface area contributed by atoms with Gasteiger partial charge in [0.1, 0.15) is 5.82 Å². The third-order valence-electron chi connectivity index (χ3n) is 3.58. The van der Waals surface area contributed by atoms with E-state index in [0.29, 0.717) is 12.0 Å². The SMILES string of the molecule is CCC(O)C(C)N(C)C(C)c1ccccc1F. The van der Waals surface area contributed by atoms with E-state index in [-0.39, 0.29) is 24.0 Å². The monoisotopic (exact) mass is 239 g/mol. The second-order valence-electron chi connectivity index (χ2n) is 4.58. The van der Waals surface area contributed by atoms with Gasteiger partial charge in [-0.1, -0.05) is 25.1 Å². The van der Waals surface area contributed by atoms with Crippen LogP contribution in [-0.4, -0.2) is 29.2 Å². The Bertz CT molecular complexity index is 356. The molecule has 0 bridgehead atoms. The van der Waals surface area contributed by atoms with Gasteiger partial charge in [-0.25, -0.2) is 4.39 Å². The summed E-state index contributed by atoms with van der Waals surface area (Å²) in [5.74, 6) is -0.190. The molecule has 1 aromatic carbocycles. The third kappa shape index (κ3) is 3.27. The highest BCUT2D eigenvalue weighted by Gasteiger charge is 2.23. The lowest BCUT2D eigenvalue weighted by Crippen LogP contribution is -2.40. The van der Waals surface area contributed by atoms with Gasteiger partial charge in [-0.05, 0) is 33.4 Å². The summed E-state index contributed by atoms with van der Waals surface area (Å²) in [4.78, 5) is 2.01. The van der Waals surface area contributed by atoms with Crippen molar-refractivity contribution in [1.29, 1.82) is 0 Å². The van der Waals surface area contributed by atoms with Crippen LogP contribution in [0, 0.1) is 5.82 Å². The lowest BCUT2D eigenvalue weighted by molar-refractivity contribution is 0.0504. The third-order valence-corrected chi connectivity index (χ3v) is 3.58. The molecule has 3 heteroatoms. The van der Waals surface area contributed by atoms with Gasteiger partial charge in [-0.2, -0.15) is 0 Å². The smallest absolute Gasteiger partial charge is 0.127 e. The molecule has 2 nitrogen and oxygen atoms in total. The molecule has 1 rings (SSSR count). The molecule has 0 aromatic heterocycles. The van der Waals surface area contributed by atoms with Crippen LogP contribution in [0.25, 0.3) is 0 Å². The minimum Gasteiger partial charge on any atom is -0.392 e. The minimum absolute atomic E-state index is 0.00889. The number of aliphatic hydroxyl groups is 1. The number of rotatable bonds is 5. The van der Waals surface area contributed by atoms with Crippen LogP contribution >= 0.6 is 0 Å². The molecule has 17 heavy (non-hydrogen) atoms. The molecular weight excluding hydrogens is 217 g/mol. The van der Waals surface area contributed by atoms with E-state index in [4.69, 9.17) is 0 Å². The maximum Gasteiger partial charge on any atom is 0.127 e. The van der Waals surface area contributed by atoms with Gasteiger partial charge in [0, 0.05) is 17.6 Å². The van der Waals surface area contributed by atoms with Crippen molar-refractivity contribution in [3.05, 3.63) is 35.6 Å². The summed E-state index contributed by atoms with van der Waals surface area (Å²) in [5.41, 5.74) is 0.671. The zero-order chi connectivity index (χ0) is 13.0. The Balaban J connectivity index is 2.83. The normalized spacial score (nSPS) is 16.9. The van der Waals surface area contributed by atoms with Crippen molar-refractivity contribution in [3.8, 4) is 0 Å². The van der Waals surface area contributed by atoms with Gasteiger partial charge in [-0.3, -0.25) is 4.90 Å². The fourth-order valence-electron chi connectivity index (χ4n) is 2.00. The first kappa shape index (κ1) is 14.1. The van der Waals surface area contributed by atoms with Gasteiger partial charge in [0.15, 0.2) is 0 Å². The first-order valence-electron chi connectivity index (χ1n) is 6.13. The van der Waals surface area contributed by atoms with Crippen molar-refractivity contribution in [2.75, 3.05) is 7.05 Å². The average molecular weight is 239 g/mol. The quantitative estimate of drug-likeness (QED) is 0.854. The molecule has 0 amide bonds. The molecular formula is C14H22FNO. The van der Waals surface area contributed by atoms with E-state index in [1.165, 1.54) is 6.07 Å². The van der Waals surface area contributed by atoms with Crippen molar-refractivity contribution in [1.82, 2.24) is 4.90 Å². The second kappa shape index (κ2) is 6.12. The molecule has 0 aliphatic heterocycles. The van der Waals surface area contributed by atoms with Gasteiger partial charge in [0.25, 0.3) is 0 Å².